The van der Waals surface area contributed by atoms with E-state index in [0.717, 1.165) is 26.2 Å². The van der Waals surface area contributed by atoms with Crippen LogP contribution in [0.15, 0.2) is 6.20 Å². The summed E-state index contributed by atoms with van der Waals surface area (Å²) in [6.45, 7) is 3.88. The first kappa shape index (κ1) is 14.2. The number of aliphatic hydroxyl groups excluding tert-OH is 1. The minimum Gasteiger partial charge on any atom is -0.506 e. The Bertz CT molecular complexity index is 436. The highest BCUT2D eigenvalue weighted by molar-refractivity contribution is 5.43. The van der Waals surface area contributed by atoms with E-state index in [9.17, 15) is 14.6 Å². The predicted molar refractivity (Wildman–Crippen MR) is 69.7 cm³/mol. The maximum atomic E-state index is 13.5. The Hall–Kier alpha value is -1.24. The number of hydrogen-bond acceptors (Lipinski definition) is 5. The van der Waals surface area contributed by atoms with Crippen molar-refractivity contribution in [2.75, 3.05) is 32.9 Å². The molecule has 0 unspecified atom stereocenters. The van der Waals surface area contributed by atoms with E-state index in [1.165, 1.54) is 6.20 Å². The van der Waals surface area contributed by atoms with Crippen LogP contribution in [0.25, 0.3) is 0 Å². The molecule has 1 aliphatic heterocycles. The van der Waals surface area contributed by atoms with Crippen molar-refractivity contribution in [3.63, 3.8) is 0 Å². The molecule has 1 saturated heterocycles. The second kappa shape index (κ2) is 6.27. The van der Waals surface area contributed by atoms with E-state index in [1.54, 1.807) is 6.92 Å². The van der Waals surface area contributed by atoms with Gasteiger partial charge in [0.1, 0.15) is 12.4 Å². The van der Waals surface area contributed by atoms with Crippen molar-refractivity contribution < 1.29 is 14.6 Å². The molecule has 0 aliphatic carbocycles. The van der Waals surface area contributed by atoms with Crippen molar-refractivity contribution in [1.29, 1.82) is 0 Å². The van der Waals surface area contributed by atoms with Gasteiger partial charge in [0.15, 0.2) is 0 Å². The summed E-state index contributed by atoms with van der Waals surface area (Å²) in [4.78, 5) is 6.00. The van der Waals surface area contributed by atoms with Crippen LogP contribution in [0, 0.1) is 6.92 Å². The number of aromatic nitrogens is 1. The van der Waals surface area contributed by atoms with Crippen LogP contribution >= 0.6 is 0 Å². The average Bonchev–Trinajstić information content (AvgIpc) is 2.45. The quantitative estimate of drug-likeness (QED) is 0.743. The number of piperazine rings is 1. The van der Waals surface area contributed by atoms with Crippen LogP contribution in [-0.4, -0.2) is 53.0 Å². The van der Waals surface area contributed by atoms with Gasteiger partial charge in [0, 0.05) is 43.5 Å². The Morgan fingerprint density at radius 2 is 2.16 bits per heavy atom. The summed E-state index contributed by atoms with van der Waals surface area (Å²) >= 11 is 0. The number of nitrogens with zero attached hydrogens (tertiary/aromatic N) is 2. The van der Waals surface area contributed by atoms with Crippen LogP contribution in [-0.2, 0) is 6.61 Å². The molecule has 2 heterocycles. The van der Waals surface area contributed by atoms with E-state index < -0.39 is 12.7 Å². The van der Waals surface area contributed by atoms with E-state index in [4.69, 9.17) is 0 Å². The average molecular weight is 269 g/mol. The molecular formula is C13H20FN3O2. The normalized spacial score (nSPS) is 18.5. The molecule has 2 rings (SSSR count). The third kappa shape index (κ3) is 2.86. The van der Waals surface area contributed by atoms with Gasteiger partial charge in [0.05, 0.1) is 18.3 Å². The minimum atomic E-state index is -0.593. The summed E-state index contributed by atoms with van der Waals surface area (Å²) in [5.74, 6) is -0.00673. The summed E-state index contributed by atoms with van der Waals surface area (Å²) in [7, 11) is 0. The molecule has 5 nitrogen and oxygen atoms in total. The third-order valence-corrected chi connectivity index (χ3v) is 3.60. The van der Waals surface area contributed by atoms with Crippen molar-refractivity contribution in [3.8, 4) is 5.75 Å². The smallest absolute Gasteiger partial charge is 0.142 e. The zero-order chi connectivity index (χ0) is 13.8. The van der Waals surface area contributed by atoms with Crippen LogP contribution < -0.4 is 5.32 Å². The molecule has 0 saturated carbocycles. The lowest BCUT2D eigenvalue weighted by Crippen LogP contribution is -2.46. The molecule has 19 heavy (non-hydrogen) atoms. The number of hydrogen-bond donors (Lipinski definition) is 3. The van der Waals surface area contributed by atoms with Gasteiger partial charge >= 0.3 is 0 Å². The minimum absolute atomic E-state index is 0.00673. The molecule has 1 aromatic rings. The first-order valence-electron chi connectivity index (χ1n) is 6.48. The number of aromatic hydroxyl groups is 1. The molecule has 3 N–H and O–H groups in total. The van der Waals surface area contributed by atoms with Gasteiger partial charge in [-0.05, 0) is 6.92 Å². The van der Waals surface area contributed by atoms with Crippen molar-refractivity contribution >= 4 is 0 Å². The van der Waals surface area contributed by atoms with E-state index >= 15 is 0 Å². The zero-order valence-electron chi connectivity index (χ0n) is 11.1. The first-order valence-corrected chi connectivity index (χ1v) is 6.48. The van der Waals surface area contributed by atoms with Crippen LogP contribution in [0.4, 0.5) is 4.39 Å². The summed E-state index contributed by atoms with van der Waals surface area (Å²) in [6, 6.07) is -0.522. The predicted octanol–water partition coefficient (Wildman–Crippen LogP) is 0.504. The monoisotopic (exact) mass is 269 g/mol. The Morgan fingerprint density at radius 3 is 2.74 bits per heavy atom. The van der Waals surface area contributed by atoms with Crippen molar-refractivity contribution in [2.24, 2.45) is 0 Å². The lowest BCUT2D eigenvalue weighted by atomic mass is 9.99. The number of aliphatic hydroxyl groups is 1. The largest absolute Gasteiger partial charge is 0.506 e. The van der Waals surface area contributed by atoms with Gasteiger partial charge in [-0.15, -0.1) is 0 Å². The van der Waals surface area contributed by atoms with Gasteiger partial charge in [0.25, 0.3) is 0 Å². The topological polar surface area (TPSA) is 68.6 Å². The SMILES string of the molecule is Cc1ncc(CO)c([C@@H](CF)N2CCNCC2)c1O. The molecule has 106 valence electrons. The maximum Gasteiger partial charge on any atom is 0.142 e. The fourth-order valence-corrected chi connectivity index (χ4v) is 2.50. The number of rotatable bonds is 4. The van der Waals surface area contributed by atoms with E-state index in [-0.39, 0.29) is 12.4 Å². The first-order chi connectivity index (χ1) is 9.19. The molecule has 0 radical (unpaired) electrons. The van der Waals surface area contributed by atoms with Crippen LogP contribution in [0.3, 0.4) is 0 Å². The second-order valence-electron chi connectivity index (χ2n) is 4.75. The summed E-state index contributed by atoms with van der Waals surface area (Å²) in [5, 5.41) is 22.7. The molecular weight excluding hydrogens is 249 g/mol. The highest BCUT2D eigenvalue weighted by atomic mass is 19.1. The van der Waals surface area contributed by atoms with E-state index in [0.29, 0.717) is 16.8 Å². The number of pyridine rings is 1. The Balaban J connectivity index is 2.38. The highest BCUT2D eigenvalue weighted by Gasteiger charge is 2.27. The van der Waals surface area contributed by atoms with Crippen LogP contribution in [0.1, 0.15) is 22.9 Å². The van der Waals surface area contributed by atoms with Gasteiger partial charge in [-0.25, -0.2) is 4.39 Å². The molecule has 0 amide bonds. The lowest BCUT2D eigenvalue weighted by molar-refractivity contribution is 0.142. The van der Waals surface area contributed by atoms with E-state index in [2.05, 4.69) is 10.3 Å². The Kier molecular flexibility index (Phi) is 4.68. The number of alkyl halides is 1. The number of nitrogens with one attached hydrogen (secondary N) is 1. The third-order valence-electron chi connectivity index (χ3n) is 3.60. The second-order valence-corrected chi connectivity index (χ2v) is 4.75. The van der Waals surface area contributed by atoms with Crippen LogP contribution in [0.2, 0.25) is 0 Å². The highest BCUT2D eigenvalue weighted by Crippen LogP contribution is 2.33. The molecule has 0 bridgehead atoms. The van der Waals surface area contributed by atoms with Crippen molar-refractivity contribution in [2.45, 2.75) is 19.6 Å². The summed E-state index contributed by atoms with van der Waals surface area (Å²) in [5.41, 5.74) is 1.42. The summed E-state index contributed by atoms with van der Waals surface area (Å²) in [6.07, 6.45) is 1.51. The van der Waals surface area contributed by atoms with Gasteiger partial charge in [-0.3, -0.25) is 9.88 Å². The molecule has 1 fully saturated rings. The Morgan fingerprint density at radius 1 is 1.47 bits per heavy atom. The fourth-order valence-electron chi connectivity index (χ4n) is 2.50. The number of halogens is 1. The molecule has 0 spiro atoms. The van der Waals surface area contributed by atoms with E-state index in [1.807, 2.05) is 4.90 Å². The fraction of sp³-hybridized carbons (Fsp3) is 0.615. The van der Waals surface area contributed by atoms with Crippen molar-refractivity contribution in [3.05, 3.63) is 23.0 Å². The van der Waals surface area contributed by atoms with Crippen LogP contribution in [0.5, 0.6) is 5.75 Å². The standard InChI is InChI=1S/C13H20FN3O2/c1-9-13(19)12(10(8-18)7-16-9)11(6-14)17-4-2-15-3-5-17/h7,11,15,18-19H,2-6,8H2,1H3/t11-/m1/s1. The maximum absolute atomic E-state index is 13.5. The van der Waals surface area contributed by atoms with Crippen molar-refractivity contribution in [1.82, 2.24) is 15.2 Å². The van der Waals surface area contributed by atoms with Gasteiger partial charge in [-0.1, -0.05) is 0 Å². The Labute approximate surface area is 112 Å². The number of aryl methyl sites for hydroxylation is 1. The van der Waals surface area contributed by atoms with Gasteiger partial charge in [-0.2, -0.15) is 0 Å². The van der Waals surface area contributed by atoms with Gasteiger partial charge < -0.3 is 15.5 Å². The molecule has 1 aliphatic rings. The zero-order valence-corrected chi connectivity index (χ0v) is 11.1. The van der Waals surface area contributed by atoms with Gasteiger partial charge in [0.2, 0.25) is 0 Å². The lowest BCUT2D eigenvalue weighted by Gasteiger charge is -2.34. The molecule has 1 aromatic heterocycles. The summed E-state index contributed by atoms with van der Waals surface area (Å²) < 4.78 is 13.5. The molecule has 6 heteroatoms. The molecule has 1 atom stereocenters. The molecule has 0 aromatic carbocycles.